The summed E-state index contributed by atoms with van der Waals surface area (Å²) in [6.07, 6.45) is 4.52. The fraction of sp³-hybridized carbons (Fsp3) is 0.476. The lowest BCUT2D eigenvalue weighted by atomic mass is 9.79. The van der Waals surface area contributed by atoms with Crippen molar-refractivity contribution in [3.63, 3.8) is 0 Å². The van der Waals surface area contributed by atoms with Gasteiger partial charge in [0.2, 0.25) is 0 Å². The van der Waals surface area contributed by atoms with Gasteiger partial charge in [-0.15, -0.1) is 0 Å². The molecule has 3 saturated heterocycles. The Kier molecular flexibility index (Phi) is 4.72. The SMILES string of the molecule is COc1ccc(-c2ccc(N[C@@H]3C4CCN(CC4)[C@@H]3C)nc2)cc1OC. The highest BCUT2D eigenvalue weighted by Gasteiger charge is 2.39. The normalized spacial score (nSPS) is 27.2. The van der Waals surface area contributed by atoms with E-state index in [4.69, 9.17) is 9.47 Å². The number of piperidine rings is 3. The van der Waals surface area contributed by atoms with E-state index >= 15 is 0 Å². The molecule has 138 valence electrons. The second-order valence-corrected chi connectivity index (χ2v) is 7.29. The van der Waals surface area contributed by atoms with Crippen LogP contribution in [0.15, 0.2) is 36.5 Å². The Hall–Kier alpha value is -2.27. The molecule has 2 bridgehead atoms. The lowest BCUT2D eigenvalue weighted by Crippen LogP contribution is -2.59. The number of anilines is 1. The molecule has 3 aliphatic heterocycles. The number of nitrogens with zero attached hydrogens (tertiary/aromatic N) is 2. The van der Waals surface area contributed by atoms with Crippen molar-refractivity contribution in [3.05, 3.63) is 36.5 Å². The number of nitrogens with one attached hydrogen (secondary N) is 1. The van der Waals surface area contributed by atoms with Gasteiger partial charge in [0.1, 0.15) is 5.82 Å². The van der Waals surface area contributed by atoms with Crippen LogP contribution < -0.4 is 14.8 Å². The van der Waals surface area contributed by atoms with E-state index in [1.165, 1.54) is 25.9 Å². The molecular formula is C21H27N3O2. The second-order valence-electron chi connectivity index (χ2n) is 7.29. The summed E-state index contributed by atoms with van der Waals surface area (Å²) in [7, 11) is 3.30. The van der Waals surface area contributed by atoms with E-state index in [-0.39, 0.29) is 0 Å². The van der Waals surface area contributed by atoms with Crippen LogP contribution in [0.4, 0.5) is 5.82 Å². The molecular weight excluding hydrogens is 326 g/mol. The molecule has 5 heteroatoms. The van der Waals surface area contributed by atoms with Crippen LogP contribution >= 0.6 is 0 Å². The number of pyridine rings is 1. The summed E-state index contributed by atoms with van der Waals surface area (Å²) in [5.74, 6) is 3.19. The van der Waals surface area contributed by atoms with Crippen molar-refractivity contribution in [2.24, 2.45) is 5.92 Å². The van der Waals surface area contributed by atoms with Crippen LogP contribution in [-0.2, 0) is 0 Å². The number of hydrogen-bond acceptors (Lipinski definition) is 5. The first kappa shape index (κ1) is 17.2. The summed E-state index contributed by atoms with van der Waals surface area (Å²) in [5, 5.41) is 3.68. The standard InChI is InChI=1S/C21H27N3O2/c1-14-21(15-8-10-24(14)11-9-15)23-20-7-5-17(13-22-20)16-4-6-18(25-2)19(12-16)26-3/h4-7,12-15,21H,8-11H2,1-3H3,(H,22,23)/t14-,21+/m1/s1. The van der Waals surface area contributed by atoms with Gasteiger partial charge in [-0.3, -0.25) is 4.90 Å². The summed E-state index contributed by atoms with van der Waals surface area (Å²) in [6, 6.07) is 11.2. The van der Waals surface area contributed by atoms with Crippen molar-refractivity contribution in [2.45, 2.75) is 31.8 Å². The number of hydrogen-bond donors (Lipinski definition) is 1. The van der Waals surface area contributed by atoms with E-state index in [9.17, 15) is 0 Å². The minimum atomic E-state index is 0.497. The van der Waals surface area contributed by atoms with Crippen LogP contribution in [0.2, 0.25) is 0 Å². The molecule has 1 aromatic heterocycles. The van der Waals surface area contributed by atoms with Gasteiger partial charge in [-0.1, -0.05) is 6.07 Å². The van der Waals surface area contributed by atoms with Gasteiger partial charge in [-0.2, -0.15) is 0 Å². The molecule has 5 nitrogen and oxygen atoms in total. The predicted octanol–water partition coefficient (Wildman–Crippen LogP) is 3.66. The number of benzene rings is 1. The number of methoxy groups -OCH3 is 2. The van der Waals surface area contributed by atoms with Crippen LogP contribution in [-0.4, -0.2) is 49.3 Å². The molecule has 0 radical (unpaired) electrons. The highest BCUT2D eigenvalue weighted by molar-refractivity contribution is 5.67. The zero-order valence-corrected chi connectivity index (χ0v) is 15.7. The third-order valence-corrected chi connectivity index (χ3v) is 5.97. The van der Waals surface area contributed by atoms with Crippen molar-refractivity contribution in [1.82, 2.24) is 9.88 Å². The van der Waals surface area contributed by atoms with Gasteiger partial charge >= 0.3 is 0 Å². The first-order valence-electron chi connectivity index (χ1n) is 9.38. The maximum atomic E-state index is 5.40. The molecule has 0 aliphatic carbocycles. The highest BCUT2D eigenvalue weighted by atomic mass is 16.5. The van der Waals surface area contributed by atoms with Crippen molar-refractivity contribution in [1.29, 1.82) is 0 Å². The predicted molar refractivity (Wildman–Crippen MR) is 104 cm³/mol. The molecule has 4 heterocycles. The molecule has 1 N–H and O–H groups in total. The fourth-order valence-electron chi connectivity index (χ4n) is 4.38. The Morgan fingerprint density at radius 3 is 2.35 bits per heavy atom. The van der Waals surface area contributed by atoms with Gasteiger partial charge in [0.05, 0.1) is 14.2 Å². The van der Waals surface area contributed by atoms with Crippen molar-refractivity contribution < 1.29 is 9.47 Å². The summed E-state index contributed by atoms with van der Waals surface area (Å²) in [6.45, 7) is 4.83. The minimum absolute atomic E-state index is 0.497. The van der Waals surface area contributed by atoms with E-state index < -0.39 is 0 Å². The van der Waals surface area contributed by atoms with Crippen molar-refractivity contribution >= 4 is 5.82 Å². The quantitative estimate of drug-likeness (QED) is 0.889. The van der Waals surface area contributed by atoms with Crippen LogP contribution in [0.1, 0.15) is 19.8 Å². The van der Waals surface area contributed by atoms with E-state index in [1.807, 2.05) is 24.4 Å². The monoisotopic (exact) mass is 353 g/mol. The Morgan fingerprint density at radius 1 is 1.00 bits per heavy atom. The summed E-state index contributed by atoms with van der Waals surface area (Å²) in [5.41, 5.74) is 2.14. The molecule has 3 aliphatic rings. The van der Waals surface area contributed by atoms with Gasteiger partial charge in [0.25, 0.3) is 0 Å². The summed E-state index contributed by atoms with van der Waals surface area (Å²) >= 11 is 0. The van der Waals surface area contributed by atoms with Gasteiger partial charge in [-0.05, 0) is 68.6 Å². The molecule has 26 heavy (non-hydrogen) atoms. The topological polar surface area (TPSA) is 46.6 Å². The number of rotatable bonds is 5. The van der Waals surface area contributed by atoms with E-state index in [0.29, 0.717) is 12.1 Å². The van der Waals surface area contributed by atoms with Crippen molar-refractivity contribution in [2.75, 3.05) is 32.6 Å². The van der Waals surface area contributed by atoms with Crippen molar-refractivity contribution in [3.8, 4) is 22.6 Å². The zero-order valence-electron chi connectivity index (χ0n) is 15.7. The summed E-state index contributed by atoms with van der Waals surface area (Å²) < 4.78 is 10.7. The highest BCUT2D eigenvalue weighted by Crippen LogP contribution is 2.35. The summed E-state index contributed by atoms with van der Waals surface area (Å²) in [4.78, 5) is 7.26. The average molecular weight is 353 g/mol. The fourth-order valence-corrected chi connectivity index (χ4v) is 4.38. The van der Waals surface area contributed by atoms with E-state index in [0.717, 1.165) is 34.4 Å². The number of aromatic nitrogens is 1. The third-order valence-electron chi connectivity index (χ3n) is 5.97. The minimum Gasteiger partial charge on any atom is -0.493 e. The van der Waals surface area contributed by atoms with Crippen LogP contribution in [0.25, 0.3) is 11.1 Å². The van der Waals surface area contributed by atoms with Crippen LogP contribution in [0.3, 0.4) is 0 Å². The molecule has 0 saturated carbocycles. The smallest absolute Gasteiger partial charge is 0.161 e. The molecule has 0 unspecified atom stereocenters. The molecule has 1 aromatic carbocycles. The Morgan fingerprint density at radius 2 is 1.73 bits per heavy atom. The lowest BCUT2D eigenvalue weighted by molar-refractivity contribution is 0.0457. The molecule has 3 fully saturated rings. The first-order chi connectivity index (χ1) is 12.7. The maximum Gasteiger partial charge on any atom is 0.161 e. The van der Waals surface area contributed by atoms with Crippen LogP contribution in [0.5, 0.6) is 11.5 Å². The average Bonchev–Trinajstić information content (AvgIpc) is 2.71. The Balaban J connectivity index is 1.50. The molecule has 5 rings (SSSR count). The molecule has 0 amide bonds. The van der Waals surface area contributed by atoms with Gasteiger partial charge < -0.3 is 14.8 Å². The molecule has 2 aromatic rings. The third kappa shape index (κ3) is 3.12. The van der Waals surface area contributed by atoms with Gasteiger partial charge in [0, 0.05) is 23.8 Å². The van der Waals surface area contributed by atoms with Crippen LogP contribution in [0, 0.1) is 5.92 Å². The van der Waals surface area contributed by atoms with Gasteiger partial charge in [-0.25, -0.2) is 4.98 Å². The zero-order chi connectivity index (χ0) is 18.1. The maximum absolute atomic E-state index is 5.40. The largest absolute Gasteiger partial charge is 0.493 e. The number of fused-ring (bicyclic) bond motifs is 3. The Labute approximate surface area is 155 Å². The van der Waals surface area contributed by atoms with E-state index in [1.54, 1.807) is 14.2 Å². The first-order valence-corrected chi connectivity index (χ1v) is 9.38. The Bertz CT molecular complexity index is 752. The number of ether oxygens (including phenoxy) is 2. The van der Waals surface area contributed by atoms with E-state index in [2.05, 4.69) is 34.3 Å². The lowest BCUT2D eigenvalue weighted by Gasteiger charge is -2.50. The van der Waals surface area contributed by atoms with Gasteiger partial charge in [0.15, 0.2) is 11.5 Å². The second kappa shape index (κ2) is 7.16. The molecule has 2 atom stereocenters. The molecule has 0 spiro atoms.